The van der Waals surface area contributed by atoms with Gasteiger partial charge in [0.1, 0.15) is 11.5 Å². The summed E-state index contributed by atoms with van der Waals surface area (Å²) in [7, 11) is 2.93. The number of carbonyl (C=O) groups excluding carboxylic acids is 2. The summed E-state index contributed by atoms with van der Waals surface area (Å²) in [5, 5.41) is 0.553. The Morgan fingerprint density at radius 2 is 1.71 bits per heavy atom. The monoisotopic (exact) mass is 368 g/mol. The molecule has 0 spiro atoms. The average Bonchev–Trinajstić information content (AvgIpc) is 2.60. The molecule has 0 aliphatic carbocycles. The van der Waals surface area contributed by atoms with Gasteiger partial charge in [-0.3, -0.25) is 4.79 Å². The van der Waals surface area contributed by atoms with Gasteiger partial charge in [0.2, 0.25) is 5.78 Å². The van der Waals surface area contributed by atoms with Crippen molar-refractivity contribution in [2.45, 2.75) is 0 Å². The molecule has 2 aromatic rings. The highest BCUT2D eigenvalue weighted by molar-refractivity contribution is 6.42. The van der Waals surface area contributed by atoms with Gasteiger partial charge in [-0.2, -0.15) is 0 Å². The van der Waals surface area contributed by atoms with Gasteiger partial charge in [0, 0.05) is 0 Å². The molecule has 126 valence electrons. The predicted octanol–water partition coefficient (Wildman–Crippen LogP) is 4.05. The van der Waals surface area contributed by atoms with E-state index >= 15 is 0 Å². The van der Waals surface area contributed by atoms with Crippen LogP contribution >= 0.6 is 23.2 Å². The molecule has 0 saturated heterocycles. The van der Waals surface area contributed by atoms with Gasteiger partial charge in [0.15, 0.2) is 6.61 Å². The number of benzene rings is 2. The largest absolute Gasteiger partial charge is 0.497 e. The van der Waals surface area contributed by atoms with E-state index in [0.717, 1.165) is 0 Å². The van der Waals surface area contributed by atoms with Crippen molar-refractivity contribution in [1.29, 1.82) is 0 Å². The van der Waals surface area contributed by atoms with Crippen LogP contribution < -0.4 is 9.47 Å². The van der Waals surface area contributed by atoms with Gasteiger partial charge in [-0.05, 0) is 36.4 Å². The first-order chi connectivity index (χ1) is 11.5. The van der Waals surface area contributed by atoms with Crippen LogP contribution in [0, 0.1) is 0 Å². The number of halogens is 2. The molecule has 0 aromatic heterocycles. The Morgan fingerprint density at radius 1 is 0.958 bits per heavy atom. The Hall–Kier alpha value is -2.24. The van der Waals surface area contributed by atoms with Gasteiger partial charge < -0.3 is 14.2 Å². The van der Waals surface area contributed by atoms with E-state index in [2.05, 4.69) is 0 Å². The zero-order chi connectivity index (χ0) is 17.7. The molecule has 0 saturated carbocycles. The molecule has 0 unspecified atom stereocenters. The maximum Gasteiger partial charge on any atom is 0.338 e. The second-order valence-electron chi connectivity index (χ2n) is 4.69. The van der Waals surface area contributed by atoms with Crippen molar-refractivity contribution in [2.75, 3.05) is 20.8 Å². The quantitative estimate of drug-likeness (QED) is 0.568. The summed E-state index contributed by atoms with van der Waals surface area (Å²) in [6, 6.07) is 9.11. The summed E-state index contributed by atoms with van der Waals surface area (Å²) in [4.78, 5) is 24.3. The topological polar surface area (TPSA) is 61.8 Å². The minimum Gasteiger partial charge on any atom is -0.497 e. The molecule has 0 aliphatic heterocycles. The van der Waals surface area contributed by atoms with E-state index in [0.29, 0.717) is 16.5 Å². The normalized spacial score (nSPS) is 10.2. The van der Waals surface area contributed by atoms with Crippen LogP contribution in [0.3, 0.4) is 0 Å². The van der Waals surface area contributed by atoms with E-state index in [4.69, 9.17) is 37.4 Å². The van der Waals surface area contributed by atoms with Crippen LogP contribution in [-0.4, -0.2) is 32.6 Å². The molecule has 0 N–H and O–H groups in total. The van der Waals surface area contributed by atoms with Gasteiger partial charge in [-0.1, -0.05) is 23.2 Å². The minimum absolute atomic E-state index is 0.204. The molecular weight excluding hydrogens is 355 g/mol. The molecule has 2 aromatic carbocycles. The van der Waals surface area contributed by atoms with E-state index in [1.54, 1.807) is 12.1 Å². The second kappa shape index (κ2) is 8.04. The highest BCUT2D eigenvalue weighted by Crippen LogP contribution is 2.25. The Balaban J connectivity index is 2.10. The SMILES string of the molecule is COc1ccc(OC)c(C(=O)COC(=O)c2ccc(Cl)c(Cl)c2)c1. The molecule has 0 fully saturated rings. The van der Waals surface area contributed by atoms with Gasteiger partial charge >= 0.3 is 5.97 Å². The van der Waals surface area contributed by atoms with Crippen LogP contribution in [-0.2, 0) is 4.74 Å². The number of rotatable bonds is 6. The zero-order valence-electron chi connectivity index (χ0n) is 13.0. The Bertz CT molecular complexity index is 774. The molecule has 0 aliphatic rings. The van der Waals surface area contributed by atoms with Crippen molar-refractivity contribution in [3.8, 4) is 11.5 Å². The lowest BCUT2D eigenvalue weighted by molar-refractivity contribution is 0.0474. The molecule has 0 radical (unpaired) electrons. The smallest absolute Gasteiger partial charge is 0.338 e. The summed E-state index contributed by atoms with van der Waals surface area (Å²) in [6.45, 7) is -0.442. The molecule has 0 bridgehead atoms. The first-order valence-corrected chi connectivity index (χ1v) is 7.59. The Morgan fingerprint density at radius 3 is 2.33 bits per heavy atom. The van der Waals surface area contributed by atoms with E-state index in [1.165, 1.54) is 38.5 Å². The van der Waals surface area contributed by atoms with Crippen LogP contribution in [0.5, 0.6) is 11.5 Å². The zero-order valence-corrected chi connectivity index (χ0v) is 14.5. The molecule has 5 nitrogen and oxygen atoms in total. The van der Waals surface area contributed by atoms with Crippen LogP contribution in [0.15, 0.2) is 36.4 Å². The number of esters is 1. The summed E-state index contributed by atoms with van der Waals surface area (Å²) in [6.07, 6.45) is 0. The summed E-state index contributed by atoms with van der Waals surface area (Å²) < 4.78 is 15.2. The van der Waals surface area contributed by atoms with Crippen LogP contribution in [0.2, 0.25) is 10.0 Å². The number of hydrogen-bond donors (Lipinski definition) is 0. The number of ether oxygens (including phenoxy) is 3. The summed E-state index contributed by atoms with van der Waals surface area (Å²) in [5.41, 5.74) is 0.466. The van der Waals surface area contributed by atoms with E-state index in [1.807, 2.05) is 0 Å². The van der Waals surface area contributed by atoms with Crippen molar-refractivity contribution >= 4 is 35.0 Å². The molecule has 0 heterocycles. The lowest BCUT2D eigenvalue weighted by Gasteiger charge is -2.10. The highest BCUT2D eigenvalue weighted by atomic mass is 35.5. The summed E-state index contributed by atoms with van der Waals surface area (Å²) in [5.74, 6) is -0.232. The van der Waals surface area contributed by atoms with Gasteiger partial charge in [0.05, 0.1) is 35.4 Å². The third-order valence-corrected chi connectivity index (χ3v) is 3.94. The number of ketones is 1. The fraction of sp³-hybridized carbons (Fsp3) is 0.176. The molecular formula is C17H14Cl2O5. The number of carbonyl (C=O) groups is 2. The maximum atomic E-state index is 12.3. The van der Waals surface area contributed by atoms with Crippen molar-refractivity contribution in [2.24, 2.45) is 0 Å². The van der Waals surface area contributed by atoms with Crippen molar-refractivity contribution in [3.05, 3.63) is 57.6 Å². The van der Waals surface area contributed by atoms with Crippen LogP contribution in [0.1, 0.15) is 20.7 Å². The van der Waals surface area contributed by atoms with Crippen molar-refractivity contribution in [1.82, 2.24) is 0 Å². The molecule has 2 rings (SSSR count). The predicted molar refractivity (Wildman–Crippen MR) is 90.6 cm³/mol. The second-order valence-corrected chi connectivity index (χ2v) is 5.51. The number of Topliss-reactive ketones (excluding diaryl/α,β-unsaturated/α-hetero) is 1. The van der Waals surface area contributed by atoms with Crippen LogP contribution in [0.4, 0.5) is 0 Å². The number of methoxy groups -OCH3 is 2. The third-order valence-electron chi connectivity index (χ3n) is 3.20. The average molecular weight is 369 g/mol. The fourth-order valence-electron chi connectivity index (χ4n) is 1.95. The van der Waals surface area contributed by atoms with E-state index < -0.39 is 18.4 Å². The first kappa shape index (κ1) is 18.1. The highest BCUT2D eigenvalue weighted by Gasteiger charge is 2.17. The maximum absolute atomic E-state index is 12.3. The molecule has 0 atom stereocenters. The lowest BCUT2D eigenvalue weighted by atomic mass is 10.1. The number of hydrogen-bond acceptors (Lipinski definition) is 5. The standard InChI is InChI=1S/C17H14Cl2O5/c1-22-11-4-6-16(23-2)12(8-11)15(20)9-24-17(21)10-3-5-13(18)14(19)7-10/h3-8H,9H2,1-2H3. The fourth-order valence-corrected chi connectivity index (χ4v) is 2.25. The van der Waals surface area contributed by atoms with Gasteiger partial charge in [-0.25, -0.2) is 4.79 Å². The first-order valence-electron chi connectivity index (χ1n) is 6.83. The van der Waals surface area contributed by atoms with Crippen LogP contribution in [0.25, 0.3) is 0 Å². The molecule has 24 heavy (non-hydrogen) atoms. The van der Waals surface area contributed by atoms with E-state index in [-0.39, 0.29) is 16.1 Å². The lowest BCUT2D eigenvalue weighted by Crippen LogP contribution is -2.15. The molecule has 7 heteroatoms. The van der Waals surface area contributed by atoms with Crippen molar-refractivity contribution in [3.63, 3.8) is 0 Å². The van der Waals surface area contributed by atoms with Crippen molar-refractivity contribution < 1.29 is 23.8 Å². The Labute approximate surface area is 149 Å². The Kier molecular flexibility index (Phi) is 6.06. The third kappa shape index (κ3) is 4.19. The molecule has 0 amide bonds. The minimum atomic E-state index is -0.677. The van der Waals surface area contributed by atoms with Gasteiger partial charge in [-0.15, -0.1) is 0 Å². The van der Waals surface area contributed by atoms with E-state index in [9.17, 15) is 9.59 Å². The summed E-state index contributed by atoms with van der Waals surface area (Å²) >= 11 is 11.6. The van der Waals surface area contributed by atoms with Gasteiger partial charge in [0.25, 0.3) is 0 Å².